The van der Waals surface area contributed by atoms with E-state index in [1.54, 1.807) is 6.07 Å². The summed E-state index contributed by atoms with van der Waals surface area (Å²) in [5.74, 6) is -1.48. The van der Waals surface area contributed by atoms with E-state index in [2.05, 4.69) is 15.3 Å². The Hall–Kier alpha value is -4.31. The third-order valence-corrected chi connectivity index (χ3v) is 4.20. The Morgan fingerprint density at radius 3 is 2.66 bits per heavy atom. The molecular formula is C19H13FN6O3. The van der Waals surface area contributed by atoms with Crippen LogP contribution >= 0.6 is 0 Å². The summed E-state index contributed by atoms with van der Waals surface area (Å²) in [6.45, 7) is 0.866. The molecule has 0 aliphatic rings. The van der Waals surface area contributed by atoms with E-state index in [1.807, 2.05) is 6.07 Å². The number of aromatic nitrogens is 3. The van der Waals surface area contributed by atoms with Crippen molar-refractivity contribution in [3.05, 3.63) is 73.9 Å². The smallest absolute Gasteiger partial charge is 0.329 e. The highest BCUT2D eigenvalue weighted by molar-refractivity contribution is 5.80. The minimum Gasteiger partial charge on any atom is -0.346 e. The Bertz CT molecular complexity index is 1330. The van der Waals surface area contributed by atoms with Gasteiger partial charge < -0.3 is 10.3 Å². The molecule has 0 aliphatic heterocycles. The monoisotopic (exact) mass is 392 g/mol. The Labute approximate surface area is 162 Å². The maximum Gasteiger partial charge on any atom is 0.329 e. The van der Waals surface area contributed by atoms with Gasteiger partial charge in [-0.25, -0.2) is 9.18 Å². The van der Waals surface area contributed by atoms with Gasteiger partial charge in [0, 0.05) is 6.20 Å². The van der Waals surface area contributed by atoms with Crippen molar-refractivity contribution in [3.63, 3.8) is 0 Å². The molecule has 0 spiro atoms. The van der Waals surface area contributed by atoms with E-state index < -0.39 is 35.6 Å². The number of pyridine rings is 1. The van der Waals surface area contributed by atoms with Crippen molar-refractivity contribution in [3.8, 4) is 12.1 Å². The zero-order valence-electron chi connectivity index (χ0n) is 15.1. The van der Waals surface area contributed by atoms with E-state index in [0.717, 1.165) is 6.07 Å². The maximum absolute atomic E-state index is 14.0. The van der Waals surface area contributed by atoms with Crippen LogP contribution < -0.4 is 16.6 Å². The number of carbonyl (C=O) groups is 1. The predicted molar refractivity (Wildman–Crippen MR) is 99.0 cm³/mol. The summed E-state index contributed by atoms with van der Waals surface area (Å²) in [5.41, 5.74) is -1.10. The molecule has 0 radical (unpaired) electrons. The zero-order chi connectivity index (χ0) is 21.1. The number of carbonyl (C=O) groups excluding carboxylic acids is 1. The number of nitriles is 2. The van der Waals surface area contributed by atoms with E-state index in [4.69, 9.17) is 10.5 Å². The number of aromatic amines is 1. The van der Waals surface area contributed by atoms with Gasteiger partial charge >= 0.3 is 5.69 Å². The van der Waals surface area contributed by atoms with Crippen LogP contribution in [0.15, 0.2) is 40.1 Å². The molecule has 1 aromatic carbocycles. The molecule has 2 N–H and O–H groups in total. The van der Waals surface area contributed by atoms with Crippen LogP contribution in [0.3, 0.4) is 0 Å². The molecule has 144 valence electrons. The van der Waals surface area contributed by atoms with Crippen LogP contribution in [-0.4, -0.2) is 20.4 Å². The van der Waals surface area contributed by atoms with Crippen LogP contribution in [0.4, 0.5) is 4.39 Å². The topological polar surface area (TPSA) is 144 Å². The van der Waals surface area contributed by atoms with Gasteiger partial charge in [-0.2, -0.15) is 10.5 Å². The molecule has 3 rings (SSSR count). The second kappa shape index (κ2) is 7.74. The average molecular weight is 392 g/mol. The fraction of sp³-hybridized carbons (Fsp3) is 0.158. The van der Waals surface area contributed by atoms with Gasteiger partial charge in [-0.05, 0) is 31.2 Å². The van der Waals surface area contributed by atoms with E-state index >= 15 is 0 Å². The van der Waals surface area contributed by atoms with Gasteiger partial charge in [-0.1, -0.05) is 0 Å². The van der Waals surface area contributed by atoms with Gasteiger partial charge in [0.25, 0.3) is 5.56 Å². The molecule has 0 saturated heterocycles. The number of nitrogens with one attached hydrogen (secondary N) is 2. The van der Waals surface area contributed by atoms with Gasteiger partial charge in [0.05, 0.1) is 39.8 Å². The highest BCUT2D eigenvalue weighted by Gasteiger charge is 2.18. The Balaban J connectivity index is 1.86. The number of amides is 1. The normalized spacial score (nSPS) is 11.4. The molecule has 0 bridgehead atoms. The molecular weight excluding hydrogens is 379 g/mol. The summed E-state index contributed by atoms with van der Waals surface area (Å²) < 4.78 is 14.7. The highest BCUT2D eigenvalue weighted by Crippen LogP contribution is 2.15. The van der Waals surface area contributed by atoms with Crippen LogP contribution in [0.25, 0.3) is 10.9 Å². The molecule has 0 saturated carbocycles. The lowest BCUT2D eigenvalue weighted by atomic mass is 10.1. The summed E-state index contributed by atoms with van der Waals surface area (Å²) in [7, 11) is 0. The number of hydrogen-bond donors (Lipinski definition) is 2. The molecule has 1 atom stereocenters. The van der Waals surface area contributed by atoms with E-state index in [0.29, 0.717) is 4.57 Å². The molecule has 0 aliphatic carbocycles. The molecule has 2 aromatic heterocycles. The van der Waals surface area contributed by atoms with Crippen molar-refractivity contribution in [1.82, 2.24) is 19.9 Å². The summed E-state index contributed by atoms with van der Waals surface area (Å²) >= 11 is 0. The quantitative estimate of drug-likeness (QED) is 0.673. The molecule has 29 heavy (non-hydrogen) atoms. The Kier molecular flexibility index (Phi) is 5.19. The Morgan fingerprint density at radius 1 is 1.28 bits per heavy atom. The van der Waals surface area contributed by atoms with E-state index in [9.17, 15) is 18.8 Å². The summed E-state index contributed by atoms with van der Waals surface area (Å²) in [6.07, 6.45) is 1.17. The highest BCUT2D eigenvalue weighted by atomic mass is 19.1. The van der Waals surface area contributed by atoms with Gasteiger partial charge in [-0.3, -0.25) is 19.1 Å². The van der Waals surface area contributed by atoms with E-state index in [1.165, 1.54) is 31.3 Å². The fourth-order valence-corrected chi connectivity index (χ4v) is 2.79. The molecule has 3 aromatic rings. The largest absolute Gasteiger partial charge is 0.346 e. The standard InChI is InChI=1S/C19H13FN6O3/c1-10(17-14(20)5-12(7-22)8-23-17)24-16(27)9-26-18(28)13-4-11(6-21)2-3-15(13)25-19(26)29/h2-5,8,10H,9H2,1H3,(H,24,27)(H,25,29)/t10-/m0/s1. The van der Waals surface area contributed by atoms with Gasteiger partial charge in [0.2, 0.25) is 5.91 Å². The third kappa shape index (κ3) is 3.87. The van der Waals surface area contributed by atoms with Gasteiger partial charge in [0.1, 0.15) is 18.4 Å². The molecule has 0 fully saturated rings. The summed E-state index contributed by atoms with van der Waals surface area (Å²) in [5, 5.41) is 20.3. The average Bonchev–Trinajstić information content (AvgIpc) is 2.70. The first-order chi connectivity index (χ1) is 13.8. The zero-order valence-corrected chi connectivity index (χ0v) is 15.1. The van der Waals surface area contributed by atoms with Crippen molar-refractivity contribution < 1.29 is 9.18 Å². The number of fused-ring (bicyclic) bond motifs is 1. The van der Waals surface area contributed by atoms with Crippen molar-refractivity contribution in [1.29, 1.82) is 10.5 Å². The Morgan fingerprint density at radius 2 is 2.00 bits per heavy atom. The van der Waals surface area contributed by atoms with Crippen molar-refractivity contribution in [2.75, 3.05) is 0 Å². The van der Waals surface area contributed by atoms with E-state index in [-0.39, 0.29) is 27.7 Å². The second-order valence-corrected chi connectivity index (χ2v) is 6.19. The molecule has 10 heteroatoms. The minimum atomic E-state index is -0.865. The van der Waals surface area contributed by atoms with Crippen LogP contribution in [0.2, 0.25) is 0 Å². The molecule has 0 unspecified atom stereocenters. The summed E-state index contributed by atoms with van der Waals surface area (Å²) in [6, 6.07) is 7.99. The van der Waals surface area contributed by atoms with Gasteiger partial charge in [0.15, 0.2) is 0 Å². The molecule has 1 amide bonds. The SMILES string of the molecule is C[C@H](NC(=O)Cn1c(=O)[nH]c2ccc(C#N)cc2c1=O)c1ncc(C#N)cc1F. The lowest BCUT2D eigenvalue weighted by molar-refractivity contribution is -0.122. The van der Waals surface area contributed by atoms with Gasteiger partial charge in [-0.15, -0.1) is 0 Å². The number of halogens is 1. The second-order valence-electron chi connectivity index (χ2n) is 6.19. The lowest BCUT2D eigenvalue weighted by Crippen LogP contribution is -2.41. The summed E-state index contributed by atoms with van der Waals surface area (Å²) in [4.78, 5) is 43.4. The van der Waals surface area contributed by atoms with Crippen LogP contribution in [-0.2, 0) is 11.3 Å². The van der Waals surface area contributed by atoms with Crippen LogP contribution in [0.5, 0.6) is 0 Å². The van der Waals surface area contributed by atoms with Crippen LogP contribution in [0.1, 0.15) is 29.8 Å². The van der Waals surface area contributed by atoms with Crippen molar-refractivity contribution >= 4 is 16.8 Å². The maximum atomic E-state index is 14.0. The first-order valence-electron chi connectivity index (χ1n) is 8.36. The number of nitrogens with zero attached hydrogens (tertiary/aromatic N) is 4. The van der Waals surface area contributed by atoms with Crippen LogP contribution in [0, 0.1) is 28.5 Å². The number of H-pyrrole nitrogens is 1. The van der Waals surface area contributed by atoms with Crippen molar-refractivity contribution in [2.45, 2.75) is 19.5 Å². The first kappa shape index (κ1) is 19.5. The number of rotatable bonds is 4. The predicted octanol–water partition coefficient (Wildman–Crippen LogP) is 0.845. The van der Waals surface area contributed by atoms with Crippen molar-refractivity contribution in [2.24, 2.45) is 0 Å². The fourth-order valence-electron chi connectivity index (χ4n) is 2.79. The molecule has 2 heterocycles. The first-order valence-corrected chi connectivity index (χ1v) is 8.36. The number of hydrogen-bond acceptors (Lipinski definition) is 6. The minimum absolute atomic E-state index is 0.0377. The third-order valence-electron chi connectivity index (χ3n) is 4.20. The number of benzene rings is 1. The lowest BCUT2D eigenvalue weighted by Gasteiger charge is -2.14. The molecule has 9 nitrogen and oxygen atoms in total.